The van der Waals surface area contributed by atoms with Gasteiger partial charge in [-0.15, -0.1) is 0 Å². The lowest BCUT2D eigenvalue weighted by Crippen LogP contribution is -1.98. The summed E-state index contributed by atoms with van der Waals surface area (Å²) < 4.78 is 0. The van der Waals surface area contributed by atoms with Gasteiger partial charge in [0.2, 0.25) is 0 Å². The van der Waals surface area contributed by atoms with Gasteiger partial charge in [-0.05, 0) is 36.2 Å². The average Bonchev–Trinajstić information content (AvgIpc) is 2.16. The number of nitriles is 1. The van der Waals surface area contributed by atoms with Crippen LogP contribution < -0.4 is 0 Å². The minimum Gasteiger partial charge on any atom is -0.298 e. The lowest BCUT2D eigenvalue weighted by Gasteiger charge is -2.02. The quantitative estimate of drug-likeness (QED) is 0.551. The standard InChI is InChI=1S/C10H6ClNO2/c1-6-2-8(5-13)7(4-12)3-9(6)10(11)14/h2-3,5H,1H3. The van der Waals surface area contributed by atoms with E-state index in [4.69, 9.17) is 16.9 Å². The van der Waals surface area contributed by atoms with E-state index in [1.165, 1.54) is 12.1 Å². The highest BCUT2D eigenvalue weighted by Crippen LogP contribution is 2.16. The monoisotopic (exact) mass is 207 g/mol. The number of hydrogen-bond donors (Lipinski definition) is 0. The Bertz CT molecular complexity index is 446. The summed E-state index contributed by atoms with van der Waals surface area (Å²) in [4.78, 5) is 21.5. The molecule has 1 aromatic carbocycles. The van der Waals surface area contributed by atoms with Gasteiger partial charge < -0.3 is 0 Å². The summed E-state index contributed by atoms with van der Waals surface area (Å²) in [5.74, 6) is 0. The number of hydrogen-bond acceptors (Lipinski definition) is 3. The van der Waals surface area contributed by atoms with E-state index in [2.05, 4.69) is 0 Å². The van der Waals surface area contributed by atoms with Crippen molar-refractivity contribution in [2.75, 3.05) is 0 Å². The minimum atomic E-state index is -0.628. The molecule has 0 saturated carbocycles. The number of halogens is 1. The first-order chi connectivity index (χ1) is 6.60. The van der Waals surface area contributed by atoms with Gasteiger partial charge in [0.15, 0.2) is 6.29 Å². The maximum Gasteiger partial charge on any atom is 0.252 e. The molecule has 70 valence electrons. The van der Waals surface area contributed by atoms with Crippen LogP contribution in [0, 0.1) is 18.3 Å². The smallest absolute Gasteiger partial charge is 0.252 e. The first-order valence-corrected chi connectivity index (χ1v) is 4.17. The molecule has 0 unspecified atom stereocenters. The normalized spacial score (nSPS) is 9.21. The van der Waals surface area contributed by atoms with Gasteiger partial charge in [0, 0.05) is 11.1 Å². The molecule has 4 heteroatoms. The summed E-state index contributed by atoms with van der Waals surface area (Å²) in [7, 11) is 0. The molecule has 1 rings (SSSR count). The third-order valence-electron chi connectivity index (χ3n) is 1.86. The van der Waals surface area contributed by atoms with Crippen LogP contribution in [-0.4, -0.2) is 11.5 Å². The number of carbonyl (C=O) groups is 2. The van der Waals surface area contributed by atoms with Gasteiger partial charge in [-0.25, -0.2) is 0 Å². The van der Waals surface area contributed by atoms with Gasteiger partial charge in [-0.3, -0.25) is 9.59 Å². The van der Waals surface area contributed by atoms with Crippen molar-refractivity contribution in [2.24, 2.45) is 0 Å². The largest absolute Gasteiger partial charge is 0.298 e. The lowest BCUT2D eigenvalue weighted by atomic mass is 10.0. The first kappa shape index (κ1) is 10.4. The number of rotatable bonds is 2. The zero-order valence-corrected chi connectivity index (χ0v) is 8.13. The van der Waals surface area contributed by atoms with Crippen molar-refractivity contribution in [1.29, 1.82) is 5.26 Å². The molecule has 0 aliphatic carbocycles. The van der Waals surface area contributed by atoms with Crippen molar-refractivity contribution in [2.45, 2.75) is 6.92 Å². The predicted molar refractivity (Wildman–Crippen MR) is 51.5 cm³/mol. The Balaban J connectivity index is 3.47. The summed E-state index contributed by atoms with van der Waals surface area (Å²) in [6, 6.07) is 4.63. The fourth-order valence-corrected chi connectivity index (χ4v) is 1.34. The van der Waals surface area contributed by atoms with Crippen LogP contribution in [0.15, 0.2) is 12.1 Å². The van der Waals surface area contributed by atoms with Crippen LogP contribution in [0.2, 0.25) is 0 Å². The molecular weight excluding hydrogens is 202 g/mol. The van der Waals surface area contributed by atoms with Crippen LogP contribution in [-0.2, 0) is 0 Å². The fourth-order valence-electron chi connectivity index (χ4n) is 1.14. The van der Waals surface area contributed by atoms with Gasteiger partial charge in [0.1, 0.15) is 0 Å². The highest BCUT2D eigenvalue weighted by atomic mass is 35.5. The molecule has 1 aromatic rings. The maximum atomic E-state index is 10.9. The molecule has 0 radical (unpaired) electrons. The average molecular weight is 208 g/mol. The number of aldehydes is 1. The number of benzene rings is 1. The third kappa shape index (κ3) is 1.81. The van der Waals surface area contributed by atoms with Crippen LogP contribution in [0.4, 0.5) is 0 Å². The highest BCUT2D eigenvalue weighted by Gasteiger charge is 2.10. The van der Waals surface area contributed by atoms with E-state index in [0.29, 0.717) is 11.8 Å². The van der Waals surface area contributed by atoms with Crippen LogP contribution >= 0.6 is 11.6 Å². The van der Waals surface area contributed by atoms with E-state index in [1.54, 1.807) is 6.92 Å². The molecule has 0 fully saturated rings. The molecule has 14 heavy (non-hydrogen) atoms. The molecule has 0 heterocycles. The topological polar surface area (TPSA) is 57.9 Å². The van der Waals surface area contributed by atoms with Crippen LogP contribution in [0.5, 0.6) is 0 Å². The molecule has 0 spiro atoms. The van der Waals surface area contributed by atoms with Gasteiger partial charge in [-0.2, -0.15) is 5.26 Å². The van der Waals surface area contributed by atoms with Crippen LogP contribution in [0.1, 0.15) is 31.8 Å². The predicted octanol–water partition coefficient (Wildman–Crippen LogP) is 2.06. The zero-order chi connectivity index (χ0) is 10.7. The summed E-state index contributed by atoms with van der Waals surface area (Å²) in [6.07, 6.45) is 0.577. The Morgan fingerprint density at radius 1 is 1.57 bits per heavy atom. The summed E-state index contributed by atoms with van der Waals surface area (Å²) in [6.45, 7) is 1.66. The van der Waals surface area contributed by atoms with Crippen molar-refractivity contribution < 1.29 is 9.59 Å². The number of aryl methyl sites for hydroxylation is 1. The molecule has 0 aromatic heterocycles. The molecular formula is C10H6ClNO2. The van der Waals surface area contributed by atoms with E-state index < -0.39 is 5.24 Å². The Hall–Kier alpha value is -1.66. The Morgan fingerprint density at radius 2 is 2.21 bits per heavy atom. The van der Waals surface area contributed by atoms with Crippen LogP contribution in [0.25, 0.3) is 0 Å². The number of carbonyl (C=O) groups excluding carboxylic acids is 2. The van der Waals surface area contributed by atoms with Crippen molar-refractivity contribution in [3.8, 4) is 6.07 Å². The fraction of sp³-hybridized carbons (Fsp3) is 0.100. The van der Waals surface area contributed by atoms with E-state index in [0.717, 1.165) is 0 Å². The summed E-state index contributed by atoms with van der Waals surface area (Å²) in [5, 5.41) is 8.06. The molecule has 0 aliphatic rings. The van der Waals surface area contributed by atoms with E-state index in [9.17, 15) is 9.59 Å². The van der Waals surface area contributed by atoms with Crippen LogP contribution in [0.3, 0.4) is 0 Å². The lowest BCUT2D eigenvalue weighted by molar-refractivity contribution is 0.107. The highest BCUT2D eigenvalue weighted by molar-refractivity contribution is 6.67. The Labute approximate surface area is 85.9 Å². The minimum absolute atomic E-state index is 0.162. The second-order valence-electron chi connectivity index (χ2n) is 2.76. The second-order valence-corrected chi connectivity index (χ2v) is 3.10. The van der Waals surface area contributed by atoms with Crippen molar-refractivity contribution in [1.82, 2.24) is 0 Å². The number of nitrogens with zero attached hydrogens (tertiary/aromatic N) is 1. The van der Waals surface area contributed by atoms with Crippen molar-refractivity contribution in [3.05, 3.63) is 34.4 Å². The third-order valence-corrected chi connectivity index (χ3v) is 2.06. The molecule has 3 nitrogen and oxygen atoms in total. The van der Waals surface area contributed by atoms with Crippen molar-refractivity contribution >= 4 is 23.1 Å². The van der Waals surface area contributed by atoms with Crippen molar-refractivity contribution in [3.63, 3.8) is 0 Å². The molecule has 0 amide bonds. The molecule has 0 bridgehead atoms. The first-order valence-electron chi connectivity index (χ1n) is 3.80. The van der Waals surface area contributed by atoms with Gasteiger partial charge in [-0.1, -0.05) is 0 Å². The molecule has 0 atom stereocenters. The summed E-state index contributed by atoms with van der Waals surface area (Å²) in [5.41, 5.74) is 1.28. The van der Waals surface area contributed by atoms with E-state index in [1.807, 2.05) is 6.07 Å². The molecule has 0 N–H and O–H groups in total. The zero-order valence-electron chi connectivity index (χ0n) is 7.37. The summed E-state index contributed by atoms with van der Waals surface area (Å²) >= 11 is 5.30. The van der Waals surface area contributed by atoms with Gasteiger partial charge in [0.25, 0.3) is 5.24 Å². The Kier molecular flexibility index (Phi) is 3.00. The SMILES string of the molecule is Cc1cc(C=O)c(C#N)cc1C(=O)Cl. The second kappa shape index (κ2) is 4.03. The molecule has 0 saturated heterocycles. The van der Waals surface area contributed by atoms with E-state index >= 15 is 0 Å². The van der Waals surface area contributed by atoms with Gasteiger partial charge in [0.05, 0.1) is 11.6 Å². The Morgan fingerprint density at radius 3 is 2.64 bits per heavy atom. The maximum absolute atomic E-state index is 10.9. The van der Waals surface area contributed by atoms with Gasteiger partial charge >= 0.3 is 0 Å². The van der Waals surface area contributed by atoms with E-state index in [-0.39, 0.29) is 16.7 Å². The molecule has 0 aliphatic heterocycles.